The molecule has 2 fully saturated rings. The molecule has 4 heteroatoms. The Morgan fingerprint density at radius 3 is 2.55 bits per heavy atom. The summed E-state index contributed by atoms with van der Waals surface area (Å²) in [5, 5.41) is 0. The molecule has 1 aromatic heterocycles. The average molecular weight is 294 g/mol. The van der Waals surface area contributed by atoms with Crippen molar-refractivity contribution in [3.05, 3.63) is 24.0 Å². The second kappa shape index (κ2) is 6.77. The maximum atomic E-state index is 6.03. The fraction of sp³-hybridized carbons (Fsp3) is 0.688. The second-order valence-corrected chi connectivity index (χ2v) is 6.22. The molecule has 2 saturated heterocycles. The molecule has 0 amide bonds. The van der Waals surface area contributed by atoms with E-state index in [1.807, 2.05) is 12.4 Å². The number of hydrogen-bond donors (Lipinski definition) is 0. The molecule has 0 aromatic carbocycles. The third-order valence-electron chi connectivity index (χ3n) is 4.73. The predicted octanol–water partition coefficient (Wildman–Crippen LogP) is 3.28. The van der Waals surface area contributed by atoms with Gasteiger partial charge in [-0.25, -0.2) is 0 Å². The summed E-state index contributed by atoms with van der Waals surface area (Å²) in [6.07, 6.45) is 10.5. The van der Waals surface area contributed by atoms with Crippen LogP contribution in [0.1, 0.15) is 37.7 Å². The van der Waals surface area contributed by atoms with Crippen LogP contribution >= 0.6 is 11.6 Å². The van der Waals surface area contributed by atoms with E-state index >= 15 is 0 Å². The summed E-state index contributed by atoms with van der Waals surface area (Å²) >= 11 is 6.03. The quantitative estimate of drug-likeness (QED) is 0.797. The van der Waals surface area contributed by atoms with Crippen molar-refractivity contribution in [1.82, 2.24) is 9.88 Å². The number of aromatic nitrogens is 1. The van der Waals surface area contributed by atoms with Crippen LogP contribution in [0.4, 0.5) is 5.69 Å². The van der Waals surface area contributed by atoms with E-state index in [-0.39, 0.29) is 0 Å². The van der Waals surface area contributed by atoms with Gasteiger partial charge in [0.2, 0.25) is 0 Å². The van der Waals surface area contributed by atoms with Gasteiger partial charge in [-0.15, -0.1) is 11.6 Å². The Bertz CT molecular complexity index is 423. The number of pyridine rings is 1. The highest BCUT2D eigenvalue weighted by Crippen LogP contribution is 2.27. The summed E-state index contributed by atoms with van der Waals surface area (Å²) in [5.74, 6) is 0.551. The van der Waals surface area contributed by atoms with E-state index in [2.05, 4.69) is 20.9 Å². The van der Waals surface area contributed by atoms with Crippen LogP contribution in [0.2, 0.25) is 0 Å². The highest BCUT2D eigenvalue weighted by Gasteiger charge is 2.26. The van der Waals surface area contributed by atoms with Gasteiger partial charge in [0.1, 0.15) is 0 Å². The maximum absolute atomic E-state index is 6.03. The van der Waals surface area contributed by atoms with E-state index in [4.69, 9.17) is 11.6 Å². The number of hydrogen-bond acceptors (Lipinski definition) is 3. The van der Waals surface area contributed by atoms with Gasteiger partial charge in [0.15, 0.2) is 0 Å². The molecule has 3 nitrogen and oxygen atoms in total. The van der Waals surface area contributed by atoms with Crippen molar-refractivity contribution in [2.75, 3.05) is 31.1 Å². The molecule has 0 bridgehead atoms. The normalized spacial score (nSPS) is 22.1. The van der Waals surface area contributed by atoms with Crippen molar-refractivity contribution in [3.8, 4) is 0 Å². The van der Waals surface area contributed by atoms with Gasteiger partial charge >= 0.3 is 0 Å². The largest absolute Gasteiger partial charge is 0.371 e. The van der Waals surface area contributed by atoms with Crippen molar-refractivity contribution >= 4 is 17.3 Å². The zero-order valence-electron chi connectivity index (χ0n) is 12.1. The number of halogens is 1. The van der Waals surface area contributed by atoms with Gasteiger partial charge in [-0.3, -0.25) is 4.98 Å². The molecule has 1 aromatic rings. The minimum absolute atomic E-state index is 0.551. The monoisotopic (exact) mass is 293 g/mol. The maximum Gasteiger partial charge on any atom is 0.0509 e. The van der Waals surface area contributed by atoms with Gasteiger partial charge in [-0.2, -0.15) is 0 Å². The molecule has 3 heterocycles. The topological polar surface area (TPSA) is 19.4 Å². The van der Waals surface area contributed by atoms with E-state index in [0.717, 1.165) is 24.7 Å². The lowest BCUT2D eigenvalue weighted by Crippen LogP contribution is -2.46. The van der Waals surface area contributed by atoms with E-state index in [9.17, 15) is 0 Å². The molecule has 0 radical (unpaired) electrons. The first-order valence-corrected chi connectivity index (χ1v) is 8.40. The number of alkyl halides is 1. The van der Waals surface area contributed by atoms with Crippen LogP contribution in [0.25, 0.3) is 0 Å². The second-order valence-electron chi connectivity index (χ2n) is 5.95. The molecule has 0 atom stereocenters. The van der Waals surface area contributed by atoms with Crippen LogP contribution in [0.3, 0.4) is 0 Å². The number of piperidine rings is 2. The highest BCUT2D eigenvalue weighted by atomic mass is 35.5. The van der Waals surface area contributed by atoms with Crippen molar-refractivity contribution < 1.29 is 0 Å². The summed E-state index contributed by atoms with van der Waals surface area (Å²) in [6.45, 7) is 4.92. The SMILES string of the molecule is ClCc1cnccc1N1CCC(N2CCCCC2)CC1. The van der Waals surface area contributed by atoms with Gasteiger partial charge in [0.25, 0.3) is 0 Å². The zero-order chi connectivity index (χ0) is 13.8. The fourth-order valence-electron chi connectivity index (χ4n) is 3.59. The van der Waals surface area contributed by atoms with Crippen LogP contribution < -0.4 is 4.90 Å². The van der Waals surface area contributed by atoms with Gasteiger partial charge in [-0.1, -0.05) is 6.42 Å². The summed E-state index contributed by atoms with van der Waals surface area (Å²) in [6, 6.07) is 2.91. The Morgan fingerprint density at radius 1 is 1.10 bits per heavy atom. The van der Waals surface area contributed by atoms with E-state index in [1.165, 1.54) is 50.9 Å². The third-order valence-corrected chi connectivity index (χ3v) is 5.02. The van der Waals surface area contributed by atoms with E-state index in [1.54, 1.807) is 0 Å². The number of nitrogens with zero attached hydrogens (tertiary/aromatic N) is 3. The average Bonchev–Trinajstić information content (AvgIpc) is 2.56. The molecular formula is C16H24ClN3. The minimum Gasteiger partial charge on any atom is -0.371 e. The first kappa shape index (κ1) is 14.2. The van der Waals surface area contributed by atoms with E-state index in [0.29, 0.717) is 5.88 Å². The lowest BCUT2D eigenvalue weighted by molar-refractivity contribution is 0.141. The zero-order valence-corrected chi connectivity index (χ0v) is 12.9. The molecule has 110 valence electrons. The Morgan fingerprint density at radius 2 is 1.85 bits per heavy atom. The Hall–Kier alpha value is -0.800. The Balaban J connectivity index is 1.60. The van der Waals surface area contributed by atoms with Crippen LogP contribution in [0, 0.1) is 0 Å². The van der Waals surface area contributed by atoms with Crippen molar-refractivity contribution in [3.63, 3.8) is 0 Å². The minimum atomic E-state index is 0.551. The van der Waals surface area contributed by atoms with Crippen LogP contribution in [-0.2, 0) is 5.88 Å². The lowest BCUT2D eigenvalue weighted by atomic mass is 9.99. The molecule has 0 unspecified atom stereocenters. The van der Waals surface area contributed by atoms with Gasteiger partial charge in [-0.05, 0) is 44.8 Å². The molecule has 3 rings (SSSR count). The summed E-state index contributed by atoms with van der Waals surface area (Å²) in [5.41, 5.74) is 2.44. The van der Waals surface area contributed by atoms with E-state index < -0.39 is 0 Å². The van der Waals surface area contributed by atoms with Crippen molar-refractivity contribution in [1.29, 1.82) is 0 Å². The van der Waals surface area contributed by atoms with Crippen LogP contribution in [0.5, 0.6) is 0 Å². The molecule has 0 aliphatic carbocycles. The smallest absolute Gasteiger partial charge is 0.0509 e. The number of rotatable bonds is 3. The van der Waals surface area contributed by atoms with Crippen LogP contribution in [-0.4, -0.2) is 42.1 Å². The summed E-state index contributed by atoms with van der Waals surface area (Å²) in [4.78, 5) is 9.38. The van der Waals surface area contributed by atoms with Gasteiger partial charge in [0, 0.05) is 42.8 Å². The van der Waals surface area contributed by atoms with Crippen molar-refractivity contribution in [2.45, 2.75) is 44.0 Å². The summed E-state index contributed by atoms with van der Waals surface area (Å²) < 4.78 is 0. The molecule has 0 saturated carbocycles. The molecule has 0 spiro atoms. The molecular weight excluding hydrogens is 270 g/mol. The summed E-state index contributed by atoms with van der Waals surface area (Å²) in [7, 11) is 0. The fourth-order valence-corrected chi connectivity index (χ4v) is 3.79. The van der Waals surface area contributed by atoms with Crippen LogP contribution in [0.15, 0.2) is 18.5 Å². The standard InChI is InChI=1S/C16H24ClN3/c17-12-14-13-18-7-4-16(14)20-10-5-15(6-11-20)19-8-2-1-3-9-19/h4,7,13,15H,1-3,5-6,8-12H2. The van der Waals surface area contributed by atoms with Gasteiger partial charge < -0.3 is 9.80 Å². The Kier molecular flexibility index (Phi) is 4.79. The number of anilines is 1. The molecule has 0 N–H and O–H groups in total. The first-order valence-electron chi connectivity index (χ1n) is 7.86. The first-order chi connectivity index (χ1) is 9.88. The third kappa shape index (κ3) is 3.09. The van der Waals surface area contributed by atoms with Gasteiger partial charge in [0.05, 0.1) is 5.88 Å². The molecule has 20 heavy (non-hydrogen) atoms. The Labute approximate surface area is 126 Å². The highest BCUT2D eigenvalue weighted by molar-refractivity contribution is 6.17. The number of likely N-dealkylation sites (tertiary alicyclic amines) is 1. The van der Waals surface area contributed by atoms with Crippen molar-refractivity contribution in [2.24, 2.45) is 0 Å². The lowest BCUT2D eigenvalue weighted by Gasteiger charge is -2.41. The molecule has 2 aliphatic heterocycles. The molecule has 2 aliphatic rings. The predicted molar refractivity (Wildman–Crippen MR) is 84.5 cm³/mol.